The zero-order valence-corrected chi connectivity index (χ0v) is 6.37. The van der Waals surface area contributed by atoms with Crippen molar-refractivity contribution in [3.05, 3.63) is 24.3 Å². The molecule has 1 aromatic rings. The van der Waals surface area contributed by atoms with Crippen LogP contribution in [-0.4, -0.2) is 6.03 Å². The Balaban J connectivity index is 2.57. The summed E-state index contributed by atoms with van der Waals surface area (Å²) in [5.41, 5.74) is 16.4. The van der Waals surface area contributed by atoms with Gasteiger partial charge < -0.3 is 11.5 Å². The summed E-state index contributed by atoms with van der Waals surface area (Å²) in [4.78, 5) is 10.3. The fourth-order valence-electron chi connectivity index (χ4n) is 0.750. The van der Waals surface area contributed by atoms with Crippen molar-refractivity contribution in [2.24, 2.45) is 5.73 Å². The van der Waals surface area contributed by atoms with Gasteiger partial charge in [0.1, 0.15) is 0 Å². The van der Waals surface area contributed by atoms with Gasteiger partial charge in [-0.2, -0.15) is 0 Å². The minimum absolute atomic E-state index is 0.617. The van der Waals surface area contributed by atoms with E-state index in [1.165, 1.54) is 0 Å². The number of carbonyl (C=O) groups is 1. The maximum atomic E-state index is 10.3. The third-order valence-corrected chi connectivity index (χ3v) is 1.22. The lowest BCUT2D eigenvalue weighted by molar-refractivity contribution is 0.250. The summed E-state index contributed by atoms with van der Waals surface area (Å²) < 4.78 is 0. The molecule has 0 fully saturated rings. The number of primary amides is 1. The second-order valence-corrected chi connectivity index (χ2v) is 2.24. The van der Waals surface area contributed by atoms with Crippen LogP contribution >= 0.6 is 0 Å². The van der Waals surface area contributed by atoms with Gasteiger partial charge in [-0.25, -0.2) is 4.79 Å². The molecule has 12 heavy (non-hydrogen) atoms. The number of nitrogens with two attached hydrogens (primary N) is 2. The van der Waals surface area contributed by atoms with Gasteiger partial charge in [-0.3, -0.25) is 10.9 Å². The van der Waals surface area contributed by atoms with Crippen molar-refractivity contribution in [3.8, 4) is 0 Å². The number of carbonyl (C=O) groups excluding carboxylic acids is 1. The summed E-state index contributed by atoms with van der Waals surface area (Å²) in [7, 11) is 0. The zero-order valence-electron chi connectivity index (χ0n) is 6.37. The molecule has 0 spiro atoms. The topological polar surface area (TPSA) is 93.2 Å². The predicted octanol–water partition coefficient (Wildman–Crippen LogP) is 0.264. The molecular weight excluding hydrogens is 156 g/mol. The fraction of sp³-hybridized carbons (Fsp3) is 0. The summed E-state index contributed by atoms with van der Waals surface area (Å²) in [6.45, 7) is 0. The van der Waals surface area contributed by atoms with Crippen LogP contribution in [0.1, 0.15) is 0 Å². The minimum atomic E-state index is -0.641. The molecule has 0 saturated carbocycles. The molecule has 6 N–H and O–H groups in total. The number of urea groups is 1. The number of hydrazine groups is 1. The number of nitrogens with one attached hydrogen (secondary N) is 2. The summed E-state index contributed by atoms with van der Waals surface area (Å²) in [5, 5.41) is 0. The van der Waals surface area contributed by atoms with Gasteiger partial charge in [0.15, 0.2) is 0 Å². The molecule has 0 heterocycles. The Labute approximate surface area is 69.7 Å². The number of hydrogen-bond donors (Lipinski definition) is 4. The number of hydrogen-bond acceptors (Lipinski definition) is 3. The lowest BCUT2D eigenvalue weighted by Crippen LogP contribution is -2.34. The smallest absolute Gasteiger partial charge is 0.330 e. The van der Waals surface area contributed by atoms with Crippen molar-refractivity contribution in [3.63, 3.8) is 0 Å². The Bertz CT molecular complexity index is 286. The number of amides is 2. The maximum Gasteiger partial charge on any atom is 0.330 e. The van der Waals surface area contributed by atoms with E-state index in [9.17, 15) is 4.79 Å². The number of anilines is 2. The molecule has 64 valence electrons. The van der Waals surface area contributed by atoms with Crippen LogP contribution in [0.3, 0.4) is 0 Å². The third kappa shape index (κ3) is 2.37. The van der Waals surface area contributed by atoms with Gasteiger partial charge in [0.2, 0.25) is 0 Å². The van der Waals surface area contributed by atoms with Crippen molar-refractivity contribution < 1.29 is 4.79 Å². The molecule has 0 saturated heterocycles. The lowest BCUT2D eigenvalue weighted by atomic mass is 10.3. The molecule has 5 nitrogen and oxygen atoms in total. The molecule has 1 rings (SSSR count). The van der Waals surface area contributed by atoms with E-state index in [-0.39, 0.29) is 0 Å². The van der Waals surface area contributed by atoms with Gasteiger partial charge in [-0.05, 0) is 18.2 Å². The van der Waals surface area contributed by atoms with Gasteiger partial charge in [0.25, 0.3) is 0 Å². The normalized spacial score (nSPS) is 9.00. The van der Waals surface area contributed by atoms with Crippen molar-refractivity contribution in [1.82, 2.24) is 5.43 Å². The van der Waals surface area contributed by atoms with Crippen LogP contribution in [0.4, 0.5) is 16.2 Å². The van der Waals surface area contributed by atoms with Crippen LogP contribution in [0.5, 0.6) is 0 Å². The Hall–Kier alpha value is -1.91. The quantitative estimate of drug-likeness (QED) is 0.375. The van der Waals surface area contributed by atoms with Gasteiger partial charge in [-0.1, -0.05) is 6.07 Å². The summed E-state index contributed by atoms with van der Waals surface area (Å²) in [5.74, 6) is 0. The van der Waals surface area contributed by atoms with E-state index in [0.29, 0.717) is 11.4 Å². The minimum Gasteiger partial charge on any atom is -0.399 e. The van der Waals surface area contributed by atoms with Crippen LogP contribution < -0.4 is 22.3 Å². The third-order valence-electron chi connectivity index (χ3n) is 1.22. The SMILES string of the molecule is NC(=O)NNc1cccc(N)c1. The van der Waals surface area contributed by atoms with E-state index < -0.39 is 6.03 Å². The lowest BCUT2D eigenvalue weighted by Gasteiger charge is -2.05. The van der Waals surface area contributed by atoms with Gasteiger partial charge in [-0.15, -0.1) is 0 Å². The summed E-state index contributed by atoms with van der Waals surface area (Å²) in [6.07, 6.45) is 0. The van der Waals surface area contributed by atoms with Gasteiger partial charge in [0, 0.05) is 5.69 Å². The first-order valence-corrected chi connectivity index (χ1v) is 3.35. The maximum absolute atomic E-state index is 10.3. The zero-order chi connectivity index (χ0) is 8.97. The average molecular weight is 166 g/mol. The highest BCUT2D eigenvalue weighted by Crippen LogP contribution is 2.09. The van der Waals surface area contributed by atoms with E-state index >= 15 is 0 Å². The molecule has 0 atom stereocenters. The Kier molecular flexibility index (Phi) is 2.37. The molecule has 0 bridgehead atoms. The van der Waals surface area contributed by atoms with Crippen LogP contribution in [0.15, 0.2) is 24.3 Å². The predicted molar refractivity (Wildman–Crippen MR) is 47.2 cm³/mol. The molecule has 5 heteroatoms. The molecular formula is C7H10N4O. The number of rotatable bonds is 2. The Morgan fingerprint density at radius 3 is 2.75 bits per heavy atom. The molecule has 0 radical (unpaired) electrons. The van der Waals surface area contributed by atoms with E-state index in [1.54, 1.807) is 24.3 Å². The molecule has 0 aromatic heterocycles. The molecule has 1 aromatic carbocycles. The average Bonchev–Trinajstić information content (AvgIpc) is 2.01. The molecule has 2 amide bonds. The monoisotopic (exact) mass is 166 g/mol. The van der Waals surface area contributed by atoms with E-state index in [4.69, 9.17) is 11.5 Å². The van der Waals surface area contributed by atoms with E-state index in [0.717, 1.165) is 0 Å². The van der Waals surface area contributed by atoms with Crippen LogP contribution in [0.2, 0.25) is 0 Å². The van der Waals surface area contributed by atoms with Crippen molar-refractivity contribution in [2.75, 3.05) is 11.2 Å². The van der Waals surface area contributed by atoms with Gasteiger partial charge >= 0.3 is 6.03 Å². The Morgan fingerprint density at radius 2 is 2.17 bits per heavy atom. The largest absolute Gasteiger partial charge is 0.399 e. The van der Waals surface area contributed by atoms with Crippen molar-refractivity contribution in [1.29, 1.82) is 0 Å². The molecule has 0 unspecified atom stereocenters. The summed E-state index contributed by atoms with van der Waals surface area (Å²) in [6, 6.07) is 6.30. The van der Waals surface area contributed by atoms with Gasteiger partial charge in [0.05, 0.1) is 5.69 Å². The number of benzene rings is 1. The second kappa shape index (κ2) is 3.47. The van der Waals surface area contributed by atoms with Crippen LogP contribution in [-0.2, 0) is 0 Å². The first-order valence-electron chi connectivity index (χ1n) is 3.35. The van der Waals surface area contributed by atoms with Crippen molar-refractivity contribution >= 4 is 17.4 Å². The fourth-order valence-corrected chi connectivity index (χ4v) is 0.750. The number of nitrogen functional groups attached to an aromatic ring is 1. The first-order chi connectivity index (χ1) is 5.68. The second-order valence-electron chi connectivity index (χ2n) is 2.24. The highest BCUT2D eigenvalue weighted by Gasteiger charge is 1.92. The van der Waals surface area contributed by atoms with E-state index in [1.807, 2.05) is 0 Å². The van der Waals surface area contributed by atoms with Crippen LogP contribution in [0.25, 0.3) is 0 Å². The summed E-state index contributed by atoms with van der Waals surface area (Å²) >= 11 is 0. The van der Waals surface area contributed by atoms with E-state index in [2.05, 4.69) is 10.9 Å². The van der Waals surface area contributed by atoms with Crippen LogP contribution in [0, 0.1) is 0 Å². The highest BCUT2D eigenvalue weighted by molar-refractivity contribution is 5.73. The first kappa shape index (κ1) is 8.19. The molecule has 0 aliphatic carbocycles. The highest BCUT2D eigenvalue weighted by atomic mass is 16.2. The molecule has 0 aliphatic heterocycles. The Morgan fingerprint density at radius 1 is 1.42 bits per heavy atom. The molecule has 0 aliphatic rings. The standard InChI is InChI=1S/C7H10N4O/c8-5-2-1-3-6(4-5)10-11-7(9)12/h1-4,10H,8H2,(H3,9,11,12). The van der Waals surface area contributed by atoms with Crippen molar-refractivity contribution in [2.45, 2.75) is 0 Å².